The van der Waals surface area contributed by atoms with E-state index in [9.17, 15) is 5.26 Å². The van der Waals surface area contributed by atoms with Gasteiger partial charge in [-0.25, -0.2) is 0 Å². The summed E-state index contributed by atoms with van der Waals surface area (Å²) < 4.78 is 17.3. The van der Waals surface area contributed by atoms with E-state index in [0.29, 0.717) is 5.56 Å². The van der Waals surface area contributed by atoms with Crippen molar-refractivity contribution in [2.24, 2.45) is 0 Å². The maximum Gasteiger partial charge on any atom is 0.136 e. The van der Waals surface area contributed by atoms with Crippen LogP contribution in [0.4, 0.5) is 0 Å². The minimum Gasteiger partial charge on any atom is -0.456 e. The molecule has 5 heteroatoms. The van der Waals surface area contributed by atoms with Crippen LogP contribution in [0.25, 0.3) is 110 Å². The molecule has 0 saturated heterocycles. The largest absolute Gasteiger partial charge is 0.456 e. The third-order valence-electron chi connectivity index (χ3n) is 11.1. The Morgan fingerprint density at radius 2 is 0.889 bits per heavy atom. The molecule has 54 heavy (non-hydrogen) atoms. The zero-order chi connectivity index (χ0) is 35.5. The van der Waals surface area contributed by atoms with Crippen LogP contribution < -0.4 is 0 Å². The summed E-state index contributed by atoms with van der Waals surface area (Å²) in [4.78, 5) is 0. The second kappa shape index (κ2) is 10.7. The molecule has 0 aliphatic carbocycles. The van der Waals surface area contributed by atoms with Gasteiger partial charge in [0.15, 0.2) is 0 Å². The van der Waals surface area contributed by atoms with Gasteiger partial charge in [-0.1, -0.05) is 84.9 Å². The Balaban J connectivity index is 1.09. The van der Waals surface area contributed by atoms with Crippen LogP contribution in [-0.2, 0) is 0 Å². The number of nitriles is 1. The molecule has 5 nitrogen and oxygen atoms in total. The molecule has 0 spiro atoms. The molecule has 0 unspecified atom stereocenters. The second-order valence-electron chi connectivity index (χ2n) is 14.0. The highest BCUT2D eigenvalue weighted by molar-refractivity contribution is 6.28. The lowest BCUT2D eigenvalue weighted by Crippen LogP contribution is -1.97. The van der Waals surface area contributed by atoms with Crippen LogP contribution in [0.2, 0.25) is 0 Å². The van der Waals surface area contributed by atoms with E-state index in [1.165, 1.54) is 10.8 Å². The molecule has 250 valence electrons. The number of furan rings is 2. The summed E-state index contributed by atoms with van der Waals surface area (Å²) in [6, 6.07) is 59.3. The van der Waals surface area contributed by atoms with E-state index < -0.39 is 0 Å². The van der Waals surface area contributed by atoms with Crippen LogP contribution in [0.1, 0.15) is 5.56 Å². The summed E-state index contributed by atoms with van der Waals surface area (Å²) in [5.41, 5.74) is 12.4. The van der Waals surface area contributed by atoms with Gasteiger partial charge in [0.1, 0.15) is 22.3 Å². The van der Waals surface area contributed by atoms with Crippen LogP contribution in [0.3, 0.4) is 0 Å². The van der Waals surface area contributed by atoms with Gasteiger partial charge >= 0.3 is 0 Å². The average Bonchev–Trinajstić information content (AvgIpc) is 3.98. The van der Waals surface area contributed by atoms with Gasteiger partial charge in [0.25, 0.3) is 0 Å². The number of fused-ring (bicyclic) bond motifs is 14. The topological polar surface area (TPSA) is 59.9 Å². The number of para-hydroxylation sites is 4. The van der Waals surface area contributed by atoms with Gasteiger partial charge in [-0.2, -0.15) is 5.26 Å². The van der Waals surface area contributed by atoms with Crippen molar-refractivity contribution in [3.8, 4) is 28.6 Å². The molecule has 0 aliphatic heterocycles. The Morgan fingerprint density at radius 1 is 0.370 bits per heavy atom. The number of nitrogens with zero attached hydrogens (tertiary/aromatic N) is 3. The molecule has 0 aliphatic rings. The molecule has 0 saturated carbocycles. The van der Waals surface area contributed by atoms with Gasteiger partial charge in [0.05, 0.1) is 33.7 Å². The van der Waals surface area contributed by atoms with Gasteiger partial charge in [0.2, 0.25) is 0 Å². The van der Waals surface area contributed by atoms with Gasteiger partial charge in [0, 0.05) is 54.5 Å². The number of rotatable bonds is 3. The van der Waals surface area contributed by atoms with E-state index in [0.717, 1.165) is 99.2 Å². The third kappa shape index (κ3) is 3.91. The fourth-order valence-corrected chi connectivity index (χ4v) is 8.90. The first-order valence-electron chi connectivity index (χ1n) is 18.1. The Kier molecular flexibility index (Phi) is 5.78. The first kappa shape index (κ1) is 29.1. The van der Waals surface area contributed by atoms with E-state index in [4.69, 9.17) is 8.83 Å². The van der Waals surface area contributed by atoms with Crippen molar-refractivity contribution >= 4 is 87.5 Å². The highest BCUT2D eigenvalue weighted by Crippen LogP contribution is 2.43. The van der Waals surface area contributed by atoms with Crippen LogP contribution in [0.5, 0.6) is 0 Å². The smallest absolute Gasteiger partial charge is 0.136 e. The normalized spacial score (nSPS) is 12.1. The average molecular weight is 690 g/mol. The van der Waals surface area contributed by atoms with Gasteiger partial charge in [-0.05, 0) is 90.0 Å². The van der Waals surface area contributed by atoms with E-state index in [1.807, 2.05) is 36.4 Å². The molecule has 4 aromatic heterocycles. The molecule has 0 atom stereocenters. The van der Waals surface area contributed by atoms with Crippen LogP contribution >= 0.6 is 0 Å². The maximum absolute atomic E-state index is 10.4. The molecule has 0 amide bonds. The van der Waals surface area contributed by atoms with Crippen molar-refractivity contribution in [1.82, 2.24) is 9.13 Å². The predicted molar refractivity (Wildman–Crippen MR) is 220 cm³/mol. The van der Waals surface area contributed by atoms with Gasteiger partial charge < -0.3 is 18.0 Å². The van der Waals surface area contributed by atoms with Crippen molar-refractivity contribution in [2.45, 2.75) is 0 Å². The monoisotopic (exact) mass is 689 g/mol. The van der Waals surface area contributed by atoms with Gasteiger partial charge in [-0.15, -0.1) is 0 Å². The SMILES string of the molecule is N#Cc1cc(-c2cccc(-n3c4ccccc4c4c5c(ccc43)oc3ccccc35)c2)cc(-n2c3ccccc3c3c4c(ccc32)oc2ccccc24)c1. The predicted octanol–water partition coefficient (Wildman–Crippen LogP) is 13.2. The highest BCUT2D eigenvalue weighted by Gasteiger charge is 2.21. The lowest BCUT2D eigenvalue weighted by atomic mass is 10.0. The lowest BCUT2D eigenvalue weighted by molar-refractivity contribution is 0.669. The van der Waals surface area contributed by atoms with E-state index in [-0.39, 0.29) is 0 Å². The Labute approximate surface area is 307 Å². The summed E-state index contributed by atoms with van der Waals surface area (Å²) in [5, 5.41) is 19.5. The molecular weight excluding hydrogens is 663 g/mol. The first-order valence-corrected chi connectivity index (χ1v) is 18.1. The molecule has 4 heterocycles. The quantitative estimate of drug-likeness (QED) is 0.185. The first-order chi connectivity index (χ1) is 26.7. The standard InChI is InChI=1S/C49H27N3O2/c50-28-29-24-31(27-33(25-29)52-39-17-6-2-13-35(39)47-41(52)21-23-45-49(47)37-15-4-8-19-43(37)54-45)30-10-9-11-32(26-30)51-38-16-5-1-12-34(38)46-40(51)20-22-44-48(46)36-14-3-7-18-42(36)53-44/h1-27H. The fourth-order valence-electron chi connectivity index (χ4n) is 8.90. The number of aromatic nitrogens is 2. The number of hydrogen-bond donors (Lipinski definition) is 0. The summed E-state index contributed by atoms with van der Waals surface area (Å²) in [6.07, 6.45) is 0. The summed E-state index contributed by atoms with van der Waals surface area (Å²) in [7, 11) is 0. The van der Waals surface area contributed by atoms with Crippen molar-refractivity contribution in [3.05, 3.63) is 169 Å². The molecular formula is C49H27N3O2. The van der Waals surface area contributed by atoms with Crippen molar-refractivity contribution in [1.29, 1.82) is 5.26 Å². The minimum absolute atomic E-state index is 0.597. The van der Waals surface area contributed by atoms with Crippen LogP contribution in [0, 0.1) is 11.3 Å². The molecule has 12 aromatic rings. The van der Waals surface area contributed by atoms with Crippen LogP contribution in [-0.4, -0.2) is 9.13 Å². The van der Waals surface area contributed by atoms with Gasteiger partial charge in [-0.3, -0.25) is 0 Å². The lowest BCUT2D eigenvalue weighted by Gasteiger charge is -2.13. The molecule has 8 aromatic carbocycles. The molecule has 12 rings (SSSR count). The van der Waals surface area contributed by atoms with Crippen molar-refractivity contribution < 1.29 is 8.83 Å². The summed E-state index contributed by atoms with van der Waals surface area (Å²) in [5.74, 6) is 0. The zero-order valence-electron chi connectivity index (χ0n) is 28.7. The Hall–Kier alpha value is -7.55. The molecule has 0 N–H and O–H groups in total. The number of benzene rings is 8. The van der Waals surface area contributed by atoms with Crippen molar-refractivity contribution in [3.63, 3.8) is 0 Å². The summed E-state index contributed by atoms with van der Waals surface area (Å²) >= 11 is 0. The highest BCUT2D eigenvalue weighted by atomic mass is 16.3. The molecule has 0 bridgehead atoms. The van der Waals surface area contributed by atoms with E-state index in [2.05, 4.69) is 143 Å². The van der Waals surface area contributed by atoms with Crippen LogP contribution in [0.15, 0.2) is 173 Å². The second-order valence-corrected chi connectivity index (χ2v) is 14.0. The maximum atomic E-state index is 10.4. The summed E-state index contributed by atoms with van der Waals surface area (Å²) in [6.45, 7) is 0. The molecule has 0 fully saturated rings. The van der Waals surface area contributed by atoms with E-state index >= 15 is 0 Å². The number of hydrogen-bond acceptors (Lipinski definition) is 3. The van der Waals surface area contributed by atoms with E-state index in [1.54, 1.807) is 0 Å². The minimum atomic E-state index is 0.597. The molecule has 0 radical (unpaired) electrons. The Morgan fingerprint density at radius 3 is 1.48 bits per heavy atom. The fraction of sp³-hybridized carbons (Fsp3) is 0. The van der Waals surface area contributed by atoms with Crippen molar-refractivity contribution in [2.75, 3.05) is 0 Å². The Bertz CT molecular complexity index is 3590. The zero-order valence-corrected chi connectivity index (χ0v) is 28.7. The third-order valence-corrected chi connectivity index (χ3v) is 11.1.